The lowest BCUT2D eigenvalue weighted by molar-refractivity contribution is 0.0911. The zero-order valence-corrected chi connectivity index (χ0v) is 14.1. The molecule has 2 aliphatic rings. The van der Waals surface area contributed by atoms with Crippen molar-refractivity contribution in [3.63, 3.8) is 0 Å². The van der Waals surface area contributed by atoms with Crippen LogP contribution in [0.3, 0.4) is 0 Å². The molecule has 1 saturated heterocycles. The molecule has 0 bridgehead atoms. The van der Waals surface area contributed by atoms with Crippen molar-refractivity contribution >= 4 is 23.2 Å². The van der Waals surface area contributed by atoms with Crippen molar-refractivity contribution < 1.29 is 9.59 Å². The van der Waals surface area contributed by atoms with Crippen molar-refractivity contribution in [2.75, 3.05) is 32.7 Å². The van der Waals surface area contributed by atoms with Crippen LogP contribution in [-0.2, 0) is 0 Å². The molecule has 0 saturated carbocycles. The smallest absolute Gasteiger partial charge is 0.211 e. The van der Waals surface area contributed by atoms with Gasteiger partial charge in [-0.25, -0.2) is 0 Å². The normalized spacial score (nSPS) is 19.3. The van der Waals surface area contributed by atoms with E-state index >= 15 is 0 Å². The second-order valence-electron chi connectivity index (χ2n) is 6.05. The molecule has 1 aliphatic heterocycles. The van der Waals surface area contributed by atoms with Gasteiger partial charge in [0.05, 0.1) is 0 Å². The Labute approximate surface area is 141 Å². The summed E-state index contributed by atoms with van der Waals surface area (Å²) >= 11 is 6.26. The number of hydrogen-bond acceptors (Lipinski definition) is 4. The molecule has 3 rings (SSSR count). The van der Waals surface area contributed by atoms with Gasteiger partial charge in [0.2, 0.25) is 11.6 Å². The fourth-order valence-electron chi connectivity index (χ4n) is 3.19. The molecule has 1 aromatic carbocycles. The molecule has 1 fully saturated rings. The van der Waals surface area contributed by atoms with Crippen LogP contribution in [0.25, 0.3) is 0 Å². The van der Waals surface area contributed by atoms with E-state index in [4.69, 9.17) is 11.6 Å². The third kappa shape index (κ3) is 3.06. The minimum Gasteiger partial charge on any atom is -0.364 e. The largest absolute Gasteiger partial charge is 0.364 e. The Morgan fingerprint density at radius 1 is 1.00 bits per heavy atom. The standard InChI is InChI=1S/C18H21ClN2O2/c1-2-3-8-20-9-11-21(12-10-20)16-15(19)17(22)13-6-4-5-7-14(13)18(16)23/h4-7H,2-3,8-12H2,1H3. The fraction of sp³-hybridized carbons (Fsp3) is 0.444. The van der Waals surface area contributed by atoms with Crippen molar-refractivity contribution in [3.05, 3.63) is 46.1 Å². The molecule has 0 radical (unpaired) electrons. The summed E-state index contributed by atoms with van der Waals surface area (Å²) in [6.45, 7) is 6.54. The van der Waals surface area contributed by atoms with Gasteiger partial charge >= 0.3 is 0 Å². The Kier molecular flexibility index (Phi) is 4.83. The maximum atomic E-state index is 12.8. The van der Waals surface area contributed by atoms with E-state index in [-0.39, 0.29) is 16.6 Å². The van der Waals surface area contributed by atoms with E-state index in [9.17, 15) is 9.59 Å². The Balaban J connectivity index is 1.80. The number of hydrogen-bond donors (Lipinski definition) is 0. The monoisotopic (exact) mass is 332 g/mol. The summed E-state index contributed by atoms with van der Waals surface area (Å²) in [7, 11) is 0. The number of unbranched alkanes of at least 4 members (excludes halogenated alkanes) is 1. The number of nitrogens with zero attached hydrogens (tertiary/aromatic N) is 2. The number of halogens is 1. The van der Waals surface area contributed by atoms with E-state index in [0.717, 1.165) is 32.7 Å². The molecule has 0 N–H and O–H groups in total. The molecule has 122 valence electrons. The zero-order valence-electron chi connectivity index (χ0n) is 13.3. The minimum absolute atomic E-state index is 0.0655. The second-order valence-corrected chi connectivity index (χ2v) is 6.43. The number of carbonyl (C=O) groups is 2. The summed E-state index contributed by atoms with van der Waals surface area (Å²) in [6, 6.07) is 6.91. The molecule has 4 nitrogen and oxygen atoms in total. The predicted molar refractivity (Wildman–Crippen MR) is 90.9 cm³/mol. The molecule has 23 heavy (non-hydrogen) atoms. The van der Waals surface area contributed by atoms with Gasteiger partial charge in [-0.3, -0.25) is 14.5 Å². The summed E-state index contributed by atoms with van der Waals surface area (Å²) in [5, 5.41) is 0.0655. The first-order valence-corrected chi connectivity index (χ1v) is 8.56. The van der Waals surface area contributed by atoms with Gasteiger partial charge in [0.25, 0.3) is 0 Å². The van der Waals surface area contributed by atoms with Gasteiger partial charge in [0.1, 0.15) is 10.7 Å². The number of rotatable bonds is 4. The van der Waals surface area contributed by atoms with E-state index in [1.165, 1.54) is 12.8 Å². The zero-order chi connectivity index (χ0) is 16.4. The van der Waals surface area contributed by atoms with Crippen LogP contribution in [0, 0.1) is 0 Å². The summed E-state index contributed by atoms with van der Waals surface area (Å²) in [4.78, 5) is 29.6. The summed E-state index contributed by atoms with van der Waals surface area (Å²) in [6.07, 6.45) is 2.37. The predicted octanol–water partition coefficient (Wildman–Crippen LogP) is 2.93. The first-order chi connectivity index (χ1) is 11.1. The second kappa shape index (κ2) is 6.85. The molecule has 0 spiro atoms. The summed E-state index contributed by atoms with van der Waals surface area (Å²) < 4.78 is 0. The molecular formula is C18H21ClN2O2. The first kappa shape index (κ1) is 16.2. The van der Waals surface area contributed by atoms with Crippen LogP contribution in [0.4, 0.5) is 0 Å². The lowest BCUT2D eigenvalue weighted by atomic mass is 9.91. The number of piperazine rings is 1. The van der Waals surface area contributed by atoms with Crippen molar-refractivity contribution in [2.45, 2.75) is 19.8 Å². The molecule has 0 aromatic heterocycles. The van der Waals surface area contributed by atoms with Crippen LogP contribution in [0.1, 0.15) is 40.5 Å². The molecule has 1 aliphatic carbocycles. The molecule has 0 amide bonds. The molecule has 5 heteroatoms. The van der Waals surface area contributed by atoms with Gasteiger partial charge in [-0.1, -0.05) is 49.2 Å². The maximum Gasteiger partial charge on any atom is 0.211 e. The number of ketones is 2. The highest BCUT2D eigenvalue weighted by atomic mass is 35.5. The maximum absolute atomic E-state index is 12.8. The van der Waals surface area contributed by atoms with Gasteiger partial charge < -0.3 is 4.90 Å². The SMILES string of the molecule is CCCCN1CCN(C2=C(Cl)C(=O)c3ccccc3C2=O)CC1. The van der Waals surface area contributed by atoms with Crippen LogP contribution in [-0.4, -0.2) is 54.1 Å². The van der Waals surface area contributed by atoms with Crippen LogP contribution in [0.2, 0.25) is 0 Å². The van der Waals surface area contributed by atoms with E-state index in [2.05, 4.69) is 11.8 Å². The molecular weight excluding hydrogens is 312 g/mol. The molecule has 0 atom stereocenters. The number of allylic oxidation sites excluding steroid dienone is 2. The van der Waals surface area contributed by atoms with Crippen molar-refractivity contribution in [1.29, 1.82) is 0 Å². The third-order valence-electron chi connectivity index (χ3n) is 4.56. The highest BCUT2D eigenvalue weighted by Crippen LogP contribution is 2.30. The number of Topliss-reactive ketones (excluding diaryl/α,β-unsaturated/α-hetero) is 2. The van der Waals surface area contributed by atoms with Crippen molar-refractivity contribution in [3.8, 4) is 0 Å². The van der Waals surface area contributed by atoms with E-state index < -0.39 is 0 Å². The third-order valence-corrected chi connectivity index (χ3v) is 4.91. The molecule has 0 unspecified atom stereocenters. The van der Waals surface area contributed by atoms with Gasteiger partial charge in [0.15, 0.2) is 0 Å². The fourth-order valence-corrected chi connectivity index (χ4v) is 3.50. The lowest BCUT2D eigenvalue weighted by Crippen LogP contribution is -2.48. The average Bonchev–Trinajstić information content (AvgIpc) is 2.59. The van der Waals surface area contributed by atoms with Crippen molar-refractivity contribution in [1.82, 2.24) is 9.80 Å². The van der Waals surface area contributed by atoms with E-state index in [1.54, 1.807) is 24.3 Å². The molecule has 1 aromatic rings. The quantitative estimate of drug-likeness (QED) is 0.850. The van der Waals surface area contributed by atoms with Crippen LogP contribution in [0.5, 0.6) is 0 Å². The minimum atomic E-state index is -0.245. The Morgan fingerprint density at radius 3 is 2.22 bits per heavy atom. The van der Waals surface area contributed by atoms with E-state index in [0.29, 0.717) is 16.8 Å². The van der Waals surface area contributed by atoms with E-state index in [1.807, 2.05) is 4.90 Å². The number of fused-ring (bicyclic) bond motifs is 1. The van der Waals surface area contributed by atoms with Gasteiger partial charge in [-0.05, 0) is 13.0 Å². The lowest BCUT2D eigenvalue weighted by Gasteiger charge is -2.38. The Bertz CT molecular complexity index is 661. The average molecular weight is 333 g/mol. The molecule has 1 heterocycles. The highest BCUT2D eigenvalue weighted by Gasteiger charge is 2.35. The first-order valence-electron chi connectivity index (χ1n) is 8.19. The summed E-state index contributed by atoms with van der Waals surface area (Å²) in [5.41, 5.74) is 1.25. The van der Waals surface area contributed by atoms with Crippen LogP contribution >= 0.6 is 11.6 Å². The van der Waals surface area contributed by atoms with Crippen molar-refractivity contribution in [2.24, 2.45) is 0 Å². The number of benzene rings is 1. The van der Waals surface area contributed by atoms with Gasteiger partial charge in [-0.15, -0.1) is 0 Å². The van der Waals surface area contributed by atoms with Crippen LogP contribution in [0.15, 0.2) is 35.0 Å². The van der Waals surface area contributed by atoms with Gasteiger partial charge in [-0.2, -0.15) is 0 Å². The number of carbonyl (C=O) groups excluding carboxylic acids is 2. The van der Waals surface area contributed by atoms with Crippen LogP contribution < -0.4 is 0 Å². The highest BCUT2D eigenvalue weighted by molar-refractivity contribution is 6.49. The van der Waals surface area contributed by atoms with Gasteiger partial charge in [0, 0.05) is 37.3 Å². The summed E-state index contributed by atoms with van der Waals surface area (Å²) in [5.74, 6) is -0.377. The Morgan fingerprint density at radius 2 is 1.61 bits per heavy atom. The topological polar surface area (TPSA) is 40.6 Å². The Hall–Kier alpha value is -1.65.